The number of esters is 1. The predicted molar refractivity (Wildman–Crippen MR) is 124 cm³/mol. The van der Waals surface area contributed by atoms with Gasteiger partial charge in [0.05, 0.1) is 27.5 Å². The first-order valence-electron chi connectivity index (χ1n) is 10.3. The average molecular weight is 475 g/mol. The van der Waals surface area contributed by atoms with E-state index in [1.807, 2.05) is 26.0 Å². The summed E-state index contributed by atoms with van der Waals surface area (Å²) in [5.41, 5.74) is 2.98. The zero-order valence-corrected chi connectivity index (χ0v) is 20.0. The third-order valence-corrected chi connectivity index (χ3v) is 7.87. The molecule has 0 aliphatic heterocycles. The van der Waals surface area contributed by atoms with Gasteiger partial charge in [-0.1, -0.05) is 29.5 Å². The van der Waals surface area contributed by atoms with E-state index in [4.69, 9.17) is 4.74 Å². The molecule has 1 amide bonds. The minimum atomic E-state index is -3.45. The van der Waals surface area contributed by atoms with Gasteiger partial charge in [-0.2, -0.15) is 4.99 Å². The van der Waals surface area contributed by atoms with Crippen molar-refractivity contribution in [2.45, 2.75) is 45.1 Å². The first-order chi connectivity index (χ1) is 15.2. The molecule has 0 N–H and O–H groups in total. The lowest BCUT2D eigenvalue weighted by atomic mass is 10.1. The highest BCUT2D eigenvalue weighted by Gasteiger charge is 2.16. The smallest absolute Gasteiger partial charge is 0.326 e. The van der Waals surface area contributed by atoms with Crippen LogP contribution in [0.4, 0.5) is 0 Å². The van der Waals surface area contributed by atoms with Crippen LogP contribution in [0.3, 0.4) is 0 Å². The number of rotatable bonds is 8. The van der Waals surface area contributed by atoms with E-state index >= 15 is 0 Å². The van der Waals surface area contributed by atoms with Gasteiger partial charge < -0.3 is 9.30 Å². The van der Waals surface area contributed by atoms with Crippen molar-refractivity contribution in [3.8, 4) is 0 Å². The fourth-order valence-electron chi connectivity index (χ4n) is 3.22. The highest BCUT2D eigenvalue weighted by Crippen LogP contribution is 2.22. The number of aromatic nitrogens is 1. The number of nitrogens with zero attached hydrogens (tertiary/aromatic N) is 2. The maximum absolute atomic E-state index is 12.5. The molecule has 9 heteroatoms. The Balaban J connectivity index is 1.83. The fraction of sp³-hybridized carbons (Fsp3) is 0.348. The molecule has 32 heavy (non-hydrogen) atoms. The van der Waals surface area contributed by atoms with Gasteiger partial charge in [-0.15, -0.1) is 0 Å². The number of amides is 1. The van der Waals surface area contributed by atoms with E-state index in [0.717, 1.165) is 21.3 Å². The van der Waals surface area contributed by atoms with Crippen molar-refractivity contribution in [2.75, 3.05) is 12.4 Å². The SMILES string of the molecule is CCOC(=O)Cn1c(=NC(=O)CCCS(=O)(=O)c2ccccc2)sc2cc(C)c(C)cc21. The number of hydrogen-bond acceptors (Lipinski definition) is 6. The number of ether oxygens (including phenoxy) is 1. The van der Waals surface area contributed by atoms with Crippen LogP contribution in [0.1, 0.15) is 30.9 Å². The van der Waals surface area contributed by atoms with Crippen molar-refractivity contribution >= 4 is 43.3 Å². The molecule has 0 spiro atoms. The zero-order chi connectivity index (χ0) is 23.3. The largest absolute Gasteiger partial charge is 0.465 e. The summed E-state index contributed by atoms with van der Waals surface area (Å²) in [6.45, 7) is 5.93. The van der Waals surface area contributed by atoms with Crippen LogP contribution < -0.4 is 4.80 Å². The average Bonchev–Trinajstić information content (AvgIpc) is 3.04. The Bertz CT molecular complexity index is 1310. The molecule has 0 aliphatic rings. The summed E-state index contributed by atoms with van der Waals surface area (Å²) in [5, 5.41) is 0. The summed E-state index contributed by atoms with van der Waals surface area (Å²) in [6.07, 6.45) is 0.165. The molecular formula is C23H26N2O5S2. The summed E-state index contributed by atoms with van der Waals surface area (Å²) in [7, 11) is -3.45. The van der Waals surface area contributed by atoms with Gasteiger partial charge in [0.1, 0.15) is 6.54 Å². The van der Waals surface area contributed by atoms with Gasteiger partial charge in [0, 0.05) is 6.42 Å². The predicted octanol–water partition coefficient (Wildman–Crippen LogP) is 3.56. The second kappa shape index (κ2) is 10.2. The number of fused-ring (bicyclic) bond motifs is 1. The van der Waals surface area contributed by atoms with Crippen molar-refractivity contribution in [3.63, 3.8) is 0 Å². The maximum Gasteiger partial charge on any atom is 0.326 e. The van der Waals surface area contributed by atoms with Crippen LogP contribution in [-0.2, 0) is 30.7 Å². The van der Waals surface area contributed by atoms with Crippen LogP contribution in [0.25, 0.3) is 10.2 Å². The molecule has 0 bridgehead atoms. The Labute approximate surface area is 191 Å². The third kappa shape index (κ3) is 5.72. The monoisotopic (exact) mass is 474 g/mol. The molecule has 7 nitrogen and oxygen atoms in total. The molecule has 1 heterocycles. The van der Waals surface area contributed by atoms with E-state index in [9.17, 15) is 18.0 Å². The van der Waals surface area contributed by atoms with Crippen molar-refractivity contribution in [1.82, 2.24) is 4.57 Å². The highest BCUT2D eigenvalue weighted by molar-refractivity contribution is 7.91. The van der Waals surface area contributed by atoms with Crippen LogP contribution >= 0.6 is 11.3 Å². The maximum atomic E-state index is 12.5. The Morgan fingerprint density at radius 1 is 1.09 bits per heavy atom. The number of benzene rings is 2. The molecule has 0 unspecified atom stereocenters. The molecule has 0 atom stereocenters. The van der Waals surface area contributed by atoms with Crippen molar-refractivity contribution in [3.05, 3.63) is 58.4 Å². The fourth-order valence-corrected chi connectivity index (χ4v) is 5.68. The molecule has 0 radical (unpaired) electrons. The molecule has 2 aromatic carbocycles. The minimum Gasteiger partial charge on any atom is -0.465 e. The quantitative estimate of drug-likeness (QED) is 0.465. The normalized spacial score (nSPS) is 12.3. The van der Waals surface area contributed by atoms with Crippen LogP contribution in [0.5, 0.6) is 0 Å². The molecular weight excluding hydrogens is 448 g/mol. The number of aryl methyl sites for hydroxylation is 2. The molecule has 0 saturated heterocycles. The topological polar surface area (TPSA) is 94.8 Å². The highest BCUT2D eigenvalue weighted by atomic mass is 32.2. The molecule has 0 saturated carbocycles. The zero-order valence-electron chi connectivity index (χ0n) is 18.3. The number of sulfone groups is 1. The van der Waals surface area contributed by atoms with Gasteiger partial charge in [-0.3, -0.25) is 9.59 Å². The van der Waals surface area contributed by atoms with Crippen molar-refractivity contribution in [1.29, 1.82) is 0 Å². The molecule has 1 aromatic heterocycles. The second-order valence-corrected chi connectivity index (χ2v) is 10.5. The third-order valence-electron chi connectivity index (χ3n) is 5.02. The van der Waals surface area contributed by atoms with Crippen LogP contribution in [0.15, 0.2) is 52.4 Å². The van der Waals surface area contributed by atoms with Crippen molar-refractivity contribution < 1.29 is 22.7 Å². The van der Waals surface area contributed by atoms with E-state index in [2.05, 4.69) is 4.99 Å². The van der Waals surface area contributed by atoms with Gasteiger partial charge >= 0.3 is 5.97 Å². The number of carbonyl (C=O) groups excluding carboxylic acids is 2. The Kier molecular flexibility index (Phi) is 7.63. The number of carbonyl (C=O) groups is 2. The minimum absolute atomic E-state index is 0.00221. The molecule has 0 fully saturated rings. The van der Waals surface area contributed by atoms with Gasteiger partial charge in [-0.25, -0.2) is 8.42 Å². The lowest BCUT2D eigenvalue weighted by molar-refractivity contribution is -0.143. The van der Waals surface area contributed by atoms with Crippen LogP contribution in [0.2, 0.25) is 0 Å². The summed E-state index contributed by atoms with van der Waals surface area (Å²) in [4.78, 5) is 29.5. The first kappa shape index (κ1) is 23.9. The van der Waals surface area contributed by atoms with Gasteiger partial charge in [0.15, 0.2) is 14.6 Å². The first-order valence-corrected chi connectivity index (χ1v) is 12.8. The Morgan fingerprint density at radius 2 is 1.78 bits per heavy atom. The van der Waals surface area contributed by atoms with Crippen LogP contribution in [-0.4, -0.2) is 37.2 Å². The lowest BCUT2D eigenvalue weighted by Gasteiger charge is -2.06. The standard InChI is InChI=1S/C23H26N2O5S2/c1-4-30-22(27)15-25-19-13-16(2)17(3)14-20(19)31-23(25)24-21(26)11-8-12-32(28,29)18-9-6-5-7-10-18/h5-7,9-10,13-14H,4,8,11-12,15H2,1-3H3. The Morgan fingerprint density at radius 3 is 2.47 bits per heavy atom. The molecule has 3 rings (SSSR count). The van der Waals surface area contributed by atoms with Gasteiger partial charge in [0.2, 0.25) is 5.91 Å². The molecule has 0 aliphatic carbocycles. The molecule has 3 aromatic rings. The second-order valence-electron chi connectivity index (χ2n) is 7.42. The van der Waals surface area contributed by atoms with E-state index in [1.54, 1.807) is 41.8 Å². The molecule has 170 valence electrons. The van der Waals surface area contributed by atoms with Crippen LogP contribution in [0, 0.1) is 13.8 Å². The van der Waals surface area contributed by atoms with Crippen molar-refractivity contribution in [2.24, 2.45) is 4.99 Å². The van der Waals surface area contributed by atoms with E-state index in [0.29, 0.717) is 4.80 Å². The van der Waals surface area contributed by atoms with E-state index in [-0.39, 0.29) is 36.6 Å². The number of thiazole rings is 1. The van der Waals surface area contributed by atoms with E-state index < -0.39 is 21.7 Å². The summed E-state index contributed by atoms with van der Waals surface area (Å²) < 4.78 is 32.5. The van der Waals surface area contributed by atoms with Gasteiger partial charge in [-0.05, 0) is 62.6 Å². The number of hydrogen-bond donors (Lipinski definition) is 0. The van der Waals surface area contributed by atoms with Gasteiger partial charge in [0.25, 0.3) is 0 Å². The summed E-state index contributed by atoms with van der Waals surface area (Å²) in [5.74, 6) is -0.967. The summed E-state index contributed by atoms with van der Waals surface area (Å²) in [6, 6.07) is 12.1. The van der Waals surface area contributed by atoms with E-state index in [1.165, 1.54) is 11.3 Å². The Hall–Kier alpha value is -2.78. The summed E-state index contributed by atoms with van der Waals surface area (Å²) >= 11 is 1.32. The lowest BCUT2D eigenvalue weighted by Crippen LogP contribution is -2.23.